The number of pyridine rings is 1. The molecule has 1 unspecified atom stereocenters. The molecule has 4 nitrogen and oxygen atoms in total. The number of imidazole rings is 1. The highest BCUT2D eigenvalue weighted by atomic mass is 16.3. The number of benzene rings is 1. The maximum atomic E-state index is 11.3. The molecule has 27 heavy (non-hydrogen) atoms. The first-order chi connectivity index (χ1) is 13.2. The Balaban J connectivity index is 1.37. The molecule has 3 aromatic rings. The van der Waals surface area contributed by atoms with Crippen LogP contribution in [0.3, 0.4) is 0 Å². The lowest BCUT2D eigenvalue weighted by Gasteiger charge is -2.33. The van der Waals surface area contributed by atoms with Gasteiger partial charge in [-0.3, -0.25) is 0 Å². The van der Waals surface area contributed by atoms with Crippen LogP contribution in [0, 0.1) is 5.92 Å². The van der Waals surface area contributed by atoms with Gasteiger partial charge in [0.25, 0.3) is 0 Å². The van der Waals surface area contributed by atoms with Crippen molar-refractivity contribution in [2.45, 2.75) is 56.5 Å². The summed E-state index contributed by atoms with van der Waals surface area (Å²) >= 11 is 0. The van der Waals surface area contributed by atoms with E-state index in [1.54, 1.807) is 12.1 Å². The number of phenolic OH excluding ortho intramolecular Hbond substituents is 1. The Hall–Kier alpha value is -2.33. The Bertz CT molecular complexity index is 935. The molecule has 2 heterocycles. The van der Waals surface area contributed by atoms with E-state index in [4.69, 9.17) is 0 Å². The normalized spacial score (nSPS) is 24.2. The van der Waals surface area contributed by atoms with Gasteiger partial charge in [-0.2, -0.15) is 0 Å². The van der Waals surface area contributed by atoms with Crippen molar-refractivity contribution in [3.05, 3.63) is 65.7 Å². The summed E-state index contributed by atoms with van der Waals surface area (Å²) < 4.78 is 2.10. The summed E-state index contributed by atoms with van der Waals surface area (Å²) in [6, 6.07) is 12.0. The van der Waals surface area contributed by atoms with E-state index in [-0.39, 0.29) is 0 Å². The zero-order valence-corrected chi connectivity index (χ0v) is 15.5. The smallest absolute Gasteiger partial charge is 0.115 e. The van der Waals surface area contributed by atoms with E-state index in [1.807, 2.05) is 24.7 Å². The largest absolute Gasteiger partial charge is 0.508 e. The maximum absolute atomic E-state index is 11.3. The Labute approximate surface area is 159 Å². The zero-order chi connectivity index (χ0) is 18.4. The molecular weight excluding hydrogens is 336 g/mol. The topological polar surface area (TPSA) is 57.8 Å². The van der Waals surface area contributed by atoms with E-state index in [9.17, 15) is 10.2 Å². The van der Waals surface area contributed by atoms with Gasteiger partial charge in [0.15, 0.2) is 0 Å². The third-order valence-corrected chi connectivity index (χ3v) is 6.54. The summed E-state index contributed by atoms with van der Waals surface area (Å²) in [5, 5.41) is 20.8. The van der Waals surface area contributed by atoms with Crippen LogP contribution in [0.2, 0.25) is 0 Å². The minimum atomic E-state index is -0.431. The van der Waals surface area contributed by atoms with Gasteiger partial charge in [-0.1, -0.05) is 18.2 Å². The first-order valence-corrected chi connectivity index (χ1v) is 10.1. The summed E-state index contributed by atoms with van der Waals surface area (Å²) in [5.74, 6) is 1.75. The molecule has 2 aliphatic rings. The Morgan fingerprint density at radius 2 is 1.59 bits per heavy atom. The van der Waals surface area contributed by atoms with Crippen molar-refractivity contribution in [1.82, 2.24) is 9.38 Å². The minimum Gasteiger partial charge on any atom is -0.508 e. The number of aliphatic hydroxyl groups is 1. The van der Waals surface area contributed by atoms with Crippen LogP contribution in [0.15, 0.2) is 48.9 Å². The summed E-state index contributed by atoms with van der Waals surface area (Å²) in [5.41, 5.74) is 4.75. The van der Waals surface area contributed by atoms with Gasteiger partial charge in [-0.05, 0) is 85.6 Å². The predicted molar refractivity (Wildman–Crippen MR) is 105 cm³/mol. The number of rotatable bonds is 4. The zero-order valence-electron chi connectivity index (χ0n) is 15.5. The number of phenols is 1. The Morgan fingerprint density at radius 1 is 0.889 bits per heavy atom. The first kappa shape index (κ1) is 16.8. The highest BCUT2D eigenvalue weighted by Crippen LogP contribution is 2.47. The van der Waals surface area contributed by atoms with Gasteiger partial charge in [0.2, 0.25) is 0 Å². The number of aromatic nitrogens is 2. The van der Waals surface area contributed by atoms with Crippen LogP contribution in [0.25, 0.3) is 5.52 Å². The molecule has 0 amide bonds. The Kier molecular flexibility index (Phi) is 4.16. The second-order valence-corrected chi connectivity index (χ2v) is 8.28. The Morgan fingerprint density at radius 3 is 2.30 bits per heavy atom. The summed E-state index contributed by atoms with van der Waals surface area (Å²) in [6.07, 6.45) is 9.98. The lowest BCUT2D eigenvalue weighted by molar-refractivity contribution is 0.0754. The van der Waals surface area contributed by atoms with Crippen LogP contribution in [-0.2, 0) is 0 Å². The number of aliphatic hydroxyl groups excluding tert-OH is 1. The van der Waals surface area contributed by atoms with Crippen LogP contribution >= 0.6 is 0 Å². The molecule has 2 fully saturated rings. The van der Waals surface area contributed by atoms with Gasteiger partial charge in [-0.25, -0.2) is 4.98 Å². The molecule has 2 aliphatic carbocycles. The van der Waals surface area contributed by atoms with Crippen LogP contribution in [0.1, 0.15) is 73.3 Å². The average Bonchev–Trinajstić information content (AvgIpc) is 3.44. The van der Waals surface area contributed by atoms with Crippen molar-refractivity contribution >= 4 is 5.52 Å². The molecule has 1 atom stereocenters. The third kappa shape index (κ3) is 3.12. The molecule has 0 spiro atoms. The molecular formula is C23H26N2O2. The van der Waals surface area contributed by atoms with Crippen molar-refractivity contribution in [3.8, 4) is 5.75 Å². The van der Waals surface area contributed by atoms with Crippen LogP contribution in [-0.4, -0.2) is 19.6 Å². The quantitative estimate of drug-likeness (QED) is 0.692. The van der Waals surface area contributed by atoms with E-state index in [1.165, 1.54) is 24.0 Å². The van der Waals surface area contributed by atoms with Gasteiger partial charge in [-0.15, -0.1) is 0 Å². The van der Waals surface area contributed by atoms with Gasteiger partial charge in [0.1, 0.15) is 5.75 Å². The van der Waals surface area contributed by atoms with Gasteiger partial charge in [0, 0.05) is 0 Å². The monoisotopic (exact) mass is 362 g/mol. The third-order valence-electron chi connectivity index (χ3n) is 6.54. The molecule has 5 rings (SSSR count). The van der Waals surface area contributed by atoms with Gasteiger partial charge >= 0.3 is 0 Å². The predicted octanol–water partition coefficient (Wildman–Crippen LogP) is 4.92. The fourth-order valence-corrected chi connectivity index (χ4v) is 4.82. The number of hydrogen-bond acceptors (Lipinski definition) is 3. The number of nitrogens with zero attached hydrogens (tertiary/aromatic N) is 2. The van der Waals surface area contributed by atoms with Crippen molar-refractivity contribution in [2.24, 2.45) is 5.92 Å². The molecule has 2 N–H and O–H groups in total. The van der Waals surface area contributed by atoms with Crippen LogP contribution in [0.5, 0.6) is 5.75 Å². The minimum absolute atomic E-state index is 0.295. The fourth-order valence-electron chi connectivity index (χ4n) is 4.82. The summed E-state index contributed by atoms with van der Waals surface area (Å²) in [6.45, 7) is 0. The fraction of sp³-hybridized carbons (Fsp3) is 0.435. The standard InChI is InChI=1S/C23H26N2O2/c26-20-10-7-16(8-11-20)15-1-5-18(6-2-15)23(27)22-21(17-3-4-17)12-9-19-13-24-14-25(19)22/h7-15,17-18,23,26-27H,1-6H2. The maximum Gasteiger partial charge on any atom is 0.115 e. The van der Waals surface area contributed by atoms with Crippen molar-refractivity contribution in [2.75, 3.05) is 0 Å². The van der Waals surface area contributed by atoms with E-state index in [0.717, 1.165) is 36.9 Å². The van der Waals surface area contributed by atoms with E-state index >= 15 is 0 Å². The highest BCUT2D eigenvalue weighted by molar-refractivity contribution is 5.50. The van der Waals surface area contributed by atoms with Crippen molar-refractivity contribution in [3.63, 3.8) is 0 Å². The highest BCUT2D eigenvalue weighted by Gasteiger charge is 2.34. The second kappa shape index (κ2) is 6.68. The summed E-state index contributed by atoms with van der Waals surface area (Å²) in [7, 11) is 0. The number of hydrogen-bond donors (Lipinski definition) is 2. The van der Waals surface area contributed by atoms with Crippen LogP contribution < -0.4 is 0 Å². The molecule has 2 aromatic heterocycles. The van der Waals surface area contributed by atoms with E-state index in [0.29, 0.717) is 23.5 Å². The molecule has 0 bridgehead atoms. The molecule has 0 radical (unpaired) electrons. The molecule has 0 saturated heterocycles. The van der Waals surface area contributed by atoms with Crippen molar-refractivity contribution < 1.29 is 10.2 Å². The second-order valence-electron chi connectivity index (χ2n) is 8.28. The average molecular weight is 362 g/mol. The molecule has 1 aromatic carbocycles. The van der Waals surface area contributed by atoms with Crippen molar-refractivity contribution in [1.29, 1.82) is 0 Å². The van der Waals surface area contributed by atoms with E-state index < -0.39 is 6.10 Å². The number of aromatic hydroxyl groups is 1. The number of fused-ring (bicyclic) bond motifs is 1. The molecule has 140 valence electrons. The van der Waals surface area contributed by atoms with Gasteiger partial charge in [0.05, 0.1) is 29.8 Å². The molecule has 2 saturated carbocycles. The lowest BCUT2D eigenvalue weighted by Crippen LogP contribution is -2.22. The van der Waals surface area contributed by atoms with Gasteiger partial charge < -0.3 is 14.6 Å². The summed E-state index contributed by atoms with van der Waals surface area (Å²) in [4.78, 5) is 4.30. The van der Waals surface area contributed by atoms with Crippen LogP contribution in [0.4, 0.5) is 0 Å². The lowest BCUT2D eigenvalue weighted by atomic mass is 9.75. The molecule has 4 heteroatoms. The SMILES string of the molecule is Oc1ccc(C2CCC(C(O)c3c(C4CC4)ccc4cncn34)CC2)cc1. The first-order valence-electron chi connectivity index (χ1n) is 10.1. The molecule has 0 aliphatic heterocycles. The van der Waals surface area contributed by atoms with E-state index in [2.05, 4.69) is 21.5 Å².